The third-order valence-electron chi connectivity index (χ3n) is 2.19. The van der Waals surface area contributed by atoms with Gasteiger partial charge in [0.15, 0.2) is 0 Å². The first-order chi connectivity index (χ1) is 7.16. The van der Waals surface area contributed by atoms with Crippen molar-refractivity contribution in [2.24, 2.45) is 0 Å². The second-order valence-electron chi connectivity index (χ2n) is 3.27. The summed E-state index contributed by atoms with van der Waals surface area (Å²) in [5.74, 6) is -0.199. The summed E-state index contributed by atoms with van der Waals surface area (Å²) >= 11 is 5.73. The number of carbonyl (C=O) groups excluding carboxylic acids is 2. The van der Waals surface area contributed by atoms with Crippen LogP contribution in [0.5, 0.6) is 0 Å². The fourth-order valence-electron chi connectivity index (χ4n) is 1.39. The third kappa shape index (κ3) is 2.10. The first-order valence-electron chi connectivity index (χ1n) is 4.49. The third-order valence-corrected chi connectivity index (χ3v) is 2.44. The normalized spacial score (nSPS) is 15.7. The molecule has 0 saturated carbocycles. The second-order valence-corrected chi connectivity index (χ2v) is 3.70. The number of nitrogens with one attached hydrogen (secondary N) is 1. The lowest BCUT2D eigenvalue weighted by atomic mass is 10.2. The number of nitrogens with zero attached hydrogens (tertiary/aromatic N) is 1. The Morgan fingerprint density at radius 1 is 1.27 bits per heavy atom. The van der Waals surface area contributed by atoms with E-state index in [1.165, 1.54) is 4.90 Å². The van der Waals surface area contributed by atoms with Crippen LogP contribution in [0.25, 0.3) is 0 Å². The summed E-state index contributed by atoms with van der Waals surface area (Å²) < 4.78 is 0. The molecule has 2 rings (SSSR count). The van der Waals surface area contributed by atoms with Gasteiger partial charge in [-0.2, -0.15) is 0 Å². The maximum atomic E-state index is 11.3. The van der Waals surface area contributed by atoms with Gasteiger partial charge in [0.2, 0.25) is 5.91 Å². The molecular weight excluding hydrogens is 216 g/mol. The summed E-state index contributed by atoms with van der Waals surface area (Å²) in [6.45, 7) is 0.383. The van der Waals surface area contributed by atoms with Crippen molar-refractivity contribution in [3.8, 4) is 0 Å². The SMILES string of the molecule is O=C1CNC(=O)N1Cc1ccc(Cl)cc1. The Bertz CT molecular complexity index is 386. The van der Waals surface area contributed by atoms with Gasteiger partial charge in [0, 0.05) is 5.02 Å². The molecule has 0 spiro atoms. The number of hydrogen-bond donors (Lipinski definition) is 1. The van der Waals surface area contributed by atoms with Gasteiger partial charge in [0.1, 0.15) is 0 Å². The summed E-state index contributed by atoms with van der Waals surface area (Å²) in [5, 5.41) is 3.10. The summed E-state index contributed by atoms with van der Waals surface area (Å²) in [4.78, 5) is 23.7. The van der Waals surface area contributed by atoms with E-state index in [1.54, 1.807) is 24.3 Å². The van der Waals surface area contributed by atoms with Crippen molar-refractivity contribution < 1.29 is 9.59 Å². The monoisotopic (exact) mass is 224 g/mol. The minimum Gasteiger partial charge on any atom is -0.329 e. The van der Waals surface area contributed by atoms with Crippen LogP contribution in [0, 0.1) is 0 Å². The summed E-state index contributed by atoms with van der Waals surface area (Å²) in [6.07, 6.45) is 0. The number of rotatable bonds is 2. The maximum Gasteiger partial charge on any atom is 0.324 e. The van der Waals surface area contributed by atoms with Gasteiger partial charge in [-0.15, -0.1) is 0 Å². The Morgan fingerprint density at radius 3 is 2.47 bits per heavy atom. The summed E-state index contributed by atoms with van der Waals surface area (Å²) in [7, 11) is 0. The minimum absolute atomic E-state index is 0.0897. The van der Waals surface area contributed by atoms with E-state index in [4.69, 9.17) is 11.6 Å². The molecule has 0 aromatic heterocycles. The smallest absolute Gasteiger partial charge is 0.324 e. The topological polar surface area (TPSA) is 49.4 Å². The van der Waals surface area contributed by atoms with Crippen molar-refractivity contribution in [1.82, 2.24) is 10.2 Å². The van der Waals surface area contributed by atoms with Crippen LogP contribution >= 0.6 is 11.6 Å². The second kappa shape index (κ2) is 3.90. The van der Waals surface area contributed by atoms with E-state index in [-0.39, 0.29) is 18.5 Å². The molecular formula is C10H9ClN2O2. The van der Waals surface area contributed by atoms with Gasteiger partial charge < -0.3 is 5.32 Å². The van der Waals surface area contributed by atoms with Crippen LogP contribution in [0.1, 0.15) is 5.56 Å². The van der Waals surface area contributed by atoms with Gasteiger partial charge in [-0.3, -0.25) is 9.69 Å². The predicted octanol–water partition coefficient (Wildman–Crippen LogP) is 1.39. The molecule has 4 nitrogen and oxygen atoms in total. The molecule has 1 aromatic carbocycles. The fourth-order valence-corrected chi connectivity index (χ4v) is 1.51. The van der Waals surface area contributed by atoms with Gasteiger partial charge in [-0.05, 0) is 17.7 Å². The van der Waals surface area contributed by atoms with Gasteiger partial charge in [0.25, 0.3) is 0 Å². The van der Waals surface area contributed by atoms with Gasteiger partial charge in [-0.1, -0.05) is 23.7 Å². The zero-order chi connectivity index (χ0) is 10.8. The number of imide groups is 1. The minimum atomic E-state index is -0.338. The van der Waals surface area contributed by atoms with E-state index in [0.717, 1.165) is 5.56 Å². The Kier molecular flexibility index (Phi) is 2.60. The molecule has 0 bridgehead atoms. The van der Waals surface area contributed by atoms with Crippen LogP contribution < -0.4 is 5.32 Å². The first kappa shape index (κ1) is 9.98. The summed E-state index contributed by atoms with van der Waals surface area (Å²) in [5.41, 5.74) is 0.879. The number of carbonyl (C=O) groups is 2. The van der Waals surface area contributed by atoms with E-state index in [0.29, 0.717) is 11.6 Å². The lowest BCUT2D eigenvalue weighted by Gasteiger charge is -2.11. The molecule has 0 unspecified atom stereocenters. The highest BCUT2D eigenvalue weighted by molar-refractivity contribution is 6.30. The molecule has 1 saturated heterocycles. The molecule has 0 radical (unpaired) electrons. The quantitative estimate of drug-likeness (QED) is 0.772. The molecule has 3 amide bonds. The number of halogens is 1. The van der Waals surface area contributed by atoms with Gasteiger partial charge >= 0.3 is 6.03 Å². The number of benzene rings is 1. The first-order valence-corrected chi connectivity index (χ1v) is 4.87. The highest BCUT2D eigenvalue weighted by atomic mass is 35.5. The van der Waals surface area contributed by atoms with Crippen molar-refractivity contribution in [2.45, 2.75) is 6.54 Å². The van der Waals surface area contributed by atoms with Crippen molar-refractivity contribution >= 4 is 23.5 Å². The van der Waals surface area contributed by atoms with E-state index < -0.39 is 0 Å². The van der Waals surface area contributed by atoms with Crippen LogP contribution in [0.15, 0.2) is 24.3 Å². The lowest BCUT2D eigenvalue weighted by molar-refractivity contribution is -0.125. The standard InChI is InChI=1S/C10H9ClN2O2/c11-8-3-1-7(2-4-8)6-13-9(14)5-12-10(13)15/h1-4H,5-6H2,(H,12,15). The molecule has 5 heteroatoms. The number of urea groups is 1. The van der Waals surface area contributed by atoms with Crippen molar-refractivity contribution in [2.75, 3.05) is 6.54 Å². The van der Waals surface area contributed by atoms with Crippen molar-refractivity contribution in [3.05, 3.63) is 34.9 Å². The Hall–Kier alpha value is -1.55. The van der Waals surface area contributed by atoms with E-state index in [2.05, 4.69) is 5.32 Å². The molecule has 0 atom stereocenters. The van der Waals surface area contributed by atoms with Crippen LogP contribution in [0.3, 0.4) is 0 Å². The molecule has 78 valence electrons. The Labute approximate surface area is 91.8 Å². The summed E-state index contributed by atoms with van der Waals surface area (Å²) in [6, 6.07) is 6.71. The Balaban J connectivity index is 2.11. The average Bonchev–Trinajstić information content (AvgIpc) is 2.53. The maximum absolute atomic E-state index is 11.3. The van der Waals surface area contributed by atoms with Crippen LogP contribution in [-0.2, 0) is 11.3 Å². The van der Waals surface area contributed by atoms with Crippen LogP contribution in [-0.4, -0.2) is 23.4 Å². The fraction of sp³-hybridized carbons (Fsp3) is 0.200. The lowest BCUT2D eigenvalue weighted by Crippen LogP contribution is -2.30. The van der Waals surface area contributed by atoms with Crippen molar-refractivity contribution in [3.63, 3.8) is 0 Å². The number of amides is 3. The zero-order valence-electron chi connectivity index (χ0n) is 7.87. The predicted molar refractivity (Wildman–Crippen MR) is 55.4 cm³/mol. The molecule has 1 aliphatic heterocycles. The van der Waals surface area contributed by atoms with Crippen LogP contribution in [0.2, 0.25) is 5.02 Å². The van der Waals surface area contributed by atoms with E-state index in [9.17, 15) is 9.59 Å². The molecule has 15 heavy (non-hydrogen) atoms. The average molecular weight is 225 g/mol. The molecule has 1 fully saturated rings. The molecule has 0 aliphatic carbocycles. The number of hydrogen-bond acceptors (Lipinski definition) is 2. The zero-order valence-corrected chi connectivity index (χ0v) is 8.62. The van der Waals surface area contributed by atoms with E-state index >= 15 is 0 Å². The largest absolute Gasteiger partial charge is 0.329 e. The van der Waals surface area contributed by atoms with Gasteiger partial charge in [-0.25, -0.2) is 4.79 Å². The van der Waals surface area contributed by atoms with Crippen LogP contribution in [0.4, 0.5) is 4.79 Å². The van der Waals surface area contributed by atoms with Crippen molar-refractivity contribution in [1.29, 1.82) is 0 Å². The molecule has 1 N–H and O–H groups in total. The highest BCUT2D eigenvalue weighted by Gasteiger charge is 2.27. The van der Waals surface area contributed by atoms with Gasteiger partial charge in [0.05, 0.1) is 13.1 Å². The molecule has 1 aromatic rings. The van der Waals surface area contributed by atoms with E-state index in [1.807, 2.05) is 0 Å². The molecule has 1 aliphatic rings. The molecule has 1 heterocycles. The highest BCUT2D eigenvalue weighted by Crippen LogP contribution is 2.12. The Morgan fingerprint density at radius 2 is 1.93 bits per heavy atom.